The molecule has 1 amide bonds. The minimum absolute atomic E-state index is 0.128. The number of para-hydroxylation sites is 1. The van der Waals surface area contributed by atoms with Crippen molar-refractivity contribution in [3.63, 3.8) is 0 Å². The summed E-state index contributed by atoms with van der Waals surface area (Å²) in [5.74, 6) is 0.701. The van der Waals surface area contributed by atoms with Crippen LogP contribution in [0.5, 0.6) is 0 Å². The molecule has 6 heteroatoms. The van der Waals surface area contributed by atoms with Gasteiger partial charge in [-0.05, 0) is 24.1 Å². The number of H-pyrrole nitrogens is 1. The second-order valence-corrected chi connectivity index (χ2v) is 7.49. The number of aromatic amines is 1. The summed E-state index contributed by atoms with van der Waals surface area (Å²) in [6.45, 7) is 4.35. The van der Waals surface area contributed by atoms with Gasteiger partial charge in [0.05, 0.1) is 10.9 Å². The van der Waals surface area contributed by atoms with Crippen molar-refractivity contribution in [1.29, 1.82) is 0 Å². The zero-order valence-electron chi connectivity index (χ0n) is 16.5. The molecule has 2 heterocycles. The number of hydrogen-bond acceptors (Lipinski definition) is 4. The van der Waals surface area contributed by atoms with Crippen LogP contribution >= 0.6 is 0 Å². The van der Waals surface area contributed by atoms with Crippen molar-refractivity contribution in [2.75, 3.05) is 32.7 Å². The Kier molecular flexibility index (Phi) is 6.00. The van der Waals surface area contributed by atoms with Crippen LogP contribution in [0.4, 0.5) is 0 Å². The summed E-state index contributed by atoms with van der Waals surface area (Å²) >= 11 is 0. The van der Waals surface area contributed by atoms with Crippen LogP contribution in [0.2, 0.25) is 0 Å². The van der Waals surface area contributed by atoms with Crippen molar-refractivity contribution in [3.8, 4) is 0 Å². The number of aromatic nitrogens is 2. The first-order chi connectivity index (χ1) is 14.2. The van der Waals surface area contributed by atoms with E-state index >= 15 is 0 Å². The Balaban J connectivity index is 1.25. The first-order valence-electron chi connectivity index (χ1n) is 10.2. The molecular weight excluding hydrogens is 364 g/mol. The molecule has 0 unspecified atom stereocenters. The molecule has 0 atom stereocenters. The molecule has 29 heavy (non-hydrogen) atoms. The highest BCUT2D eigenvalue weighted by molar-refractivity contribution is 5.78. The molecule has 0 bridgehead atoms. The lowest BCUT2D eigenvalue weighted by molar-refractivity contribution is -0.132. The number of piperazine rings is 1. The Morgan fingerprint density at radius 3 is 2.45 bits per heavy atom. The van der Waals surface area contributed by atoms with E-state index in [0.29, 0.717) is 29.6 Å². The molecule has 0 spiro atoms. The van der Waals surface area contributed by atoms with Gasteiger partial charge in [-0.25, -0.2) is 4.98 Å². The summed E-state index contributed by atoms with van der Waals surface area (Å²) in [6.07, 6.45) is 1.86. The second kappa shape index (κ2) is 9.01. The third-order valence-electron chi connectivity index (χ3n) is 5.52. The number of benzene rings is 2. The van der Waals surface area contributed by atoms with Gasteiger partial charge in [0.15, 0.2) is 0 Å². The van der Waals surface area contributed by atoms with Gasteiger partial charge >= 0.3 is 0 Å². The van der Waals surface area contributed by atoms with Gasteiger partial charge in [-0.15, -0.1) is 0 Å². The predicted octanol–water partition coefficient (Wildman–Crippen LogP) is 2.24. The number of fused-ring (bicyclic) bond motifs is 1. The van der Waals surface area contributed by atoms with E-state index < -0.39 is 0 Å². The number of nitrogens with one attached hydrogen (secondary N) is 1. The number of nitrogens with zero attached hydrogens (tertiary/aromatic N) is 3. The lowest BCUT2D eigenvalue weighted by Gasteiger charge is -2.34. The van der Waals surface area contributed by atoms with E-state index in [9.17, 15) is 9.59 Å². The van der Waals surface area contributed by atoms with Gasteiger partial charge in [0, 0.05) is 45.6 Å². The van der Waals surface area contributed by atoms with Crippen molar-refractivity contribution < 1.29 is 4.79 Å². The number of hydrogen-bond donors (Lipinski definition) is 1. The highest BCUT2D eigenvalue weighted by atomic mass is 16.2. The minimum atomic E-state index is -0.148. The molecular formula is C23H26N4O2. The third kappa shape index (κ3) is 4.90. The maximum Gasteiger partial charge on any atom is 0.258 e. The van der Waals surface area contributed by atoms with Crippen LogP contribution in [-0.4, -0.2) is 58.4 Å². The van der Waals surface area contributed by atoms with Crippen LogP contribution in [-0.2, 0) is 17.6 Å². The molecule has 1 fully saturated rings. The fraction of sp³-hybridized carbons (Fsp3) is 0.348. The summed E-state index contributed by atoms with van der Waals surface area (Å²) in [5.41, 5.74) is 1.87. The van der Waals surface area contributed by atoms with Crippen LogP contribution in [0.1, 0.15) is 17.8 Å². The summed E-state index contributed by atoms with van der Waals surface area (Å²) in [5, 5.41) is 0.578. The average molecular weight is 390 g/mol. The molecule has 1 saturated heterocycles. The van der Waals surface area contributed by atoms with Gasteiger partial charge in [-0.1, -0.05) is 42.5 Å². The Morgan fingerprint density at radius 1 is 0.931 bits per heavy atom. The smallest absolute Gasteiger partial charge is 0.258 e. The molecule has 1 N–H and O–H groups in total. The Bertz CT molecular complexity index is 1020. The van der Waals surface area contributed by atoms with Gasteiger partial charge in [0.25, 0.3) is 5.56 Å². The highest BCUT2D eigenvalue weighted by Gasteiger charge is 2.21. The highest BCUT2D eigenvalue weighted by Crippen LogP contribution is 2.10. The largest absolute Gasteiger partial charge is 0.340 e. The van der Waals surface area contributed by atoms with Crippen molar-refractivity contribution in [2.24, 2.45) is 0 Å². The van der Waals surface area contributed by atoms with Crippen LogP contribution < -0.4 is 5.56 Å². The van der Waals surface area contributed by atoms with E-state index in [1.807, 2.05) is 29.2 Å². The molecule has 0 aliphatic carbocycles. The topological polar surface area (TPSA) is 69.3 Å². The standard InChI is InChI=1S/C23H26N4O2/c28-22(11-10-21-24-20-9-5-4-8-19(20)23(29)25-21)27-16-14-26(15-17-27)13-12-18-6-2-1-3-7-18/h1-9H,10-17H2,(H,24,25,29). The number of rotatable bonds is 6. The van der Waals surface area contributed by atoms with E-state index in [2.05, 4.69) is 39.1 Å². The quantitative estimate of drug-likeness (QED) is 0.701. The summed E-state index contributed by atoms with van der Waals surface area (Å²) in [7, 11) is 0. The zero-order valence-corrected chi connectivity index (χ0v) is 16.5. The SMILES string of the molecule is O=C(CCc1nc2ccccc2c(=O)[nH]1)N1CCN(CCc2ccccc2)CC1. The summed E-state index contributed by atoms with van der Waals surface area (Å²) in [4.78, 5) is 36.4. The number of carbonyl (C=O) groups excluding carboxylic acids is 1. The van der Waals surface area contributed by atoms with Crippen LogP contribution in [0.3, 0.4) is 0 Å². The molecule has 6 nitrogen and oxygen atoms in total. The van der Waals surface area contributed by atoms with Crippen molar-refractivity contribution >= 4 is 16.8 Å². The van der Waals surface area contributed by atoms with E-state index in [4.69, 9.17) is 0 Å². The molecule has 2 aromatic carbocycles. The van der Waals surface area contributed by atoms with Gasteiger partial charge in [-0.2, -0.15) is 0 Å². The van der Waals surface area contributed by atoms with Gasteiger partial charge in [-0.3, -0.25) is 14.5 Å². The third-order valence-corrected chi connectivity index (χ3v) is 5.52. The van der Waals surface area contributed by atoms with E-state index in [0.717, 1.165) is 39.1 Å². The summed E-state index contributed by atoms with van der Waals surface area (Å²) in [6, 6.07) is 17.8. The molecule has 150 valence electrons. The normalized spacial score (nSPS) is 15.0. The first kappa shape index (κ1) is 19.3. The Hall–Kier alpha value is -2.99. The maximum absolute atomic E-state index is 12.6. The summed E-state index contributed by atoms with van der Waals surface area (Å²) < 4.78 is 0. The lowest BCUT2D eigenvalue weighted by Crippen LogP contribution is -2.49. The monoisotopic (exact) mass is 390 g/mol. The van der Waals surface area contributed by atoms with E-state index in [1.54, 1.807) is 6.07 Å². The lowest BCUT2D eigenvalue weighted by atomic mass is 10.1. The molecule has 4 rings (SSSR count). The second-order valence-electron chi connectivity index (χ2n) is 7.49. The maximum atomic E-state index is 12.6. The number of amides is 1. The molecule has 1 aliphatic rings. The fourth-order valence-electron chi connectivity index (χ4n) is 3.79. The Labute approximate surface area is 170 Å². The van der Waals surface area contributed by atoms with Crippen LogP contribution in [0.15, 0.2) is 59.4 Å². The molecule has 0 radical (unpaired) electrons. The number of carbonyl (C=O) groups is 1. The van der Waals surface area contributed by atoms with E-state index in [1.165, 1.54) is 5.56 Å². The van der Waals surface area contributed by atoms with Crippen molar-refractivity contribution in [3.05, 3.63) is 76.3 Å². The minimum Gasteiger partial charge on any atom is -0.340 e. The van der Waals surface area contributed by atoms with Gasteiger partial charge < -0.3 is 9.88 Å². The zero-order chi connectivity index (χ0) is 20.1. The van der Waals surface area contributed by atoms with Gasteiger partial charge in [0.1, 0.15) is 5.82 Å². The molecule has 1 aromatic heterocycles. The Morgan fingerprint density at radius 2 is 1.66 bits per heavy atom. The predicted molar refractivity (Wildman–Crippen MR) is 114 cm³/mol. The van der Waals surface area contributed by atoms with Crippen LogP contribution in [0.25, 0.3) is 10.9 Å². The van der Waals surface area contributed by atoms with E-state index in [-0.39, 0.29) is 11.5 Å². The van der Waals surface area contributed by atoms with Crippen LogP contribution in [0, 0.1) is 0 Å². The molecule has 0 saturated carbocycles. The van der Waals surface area contributed by atoms with Gasteiger partial charge in [0.2, 0.25) is 5.91 Å². The van der Waals surface area contributed by atoms with Crippen molar-refractivity contribution in [1.82, 2.24) is 19.8 Å². The number of aryl methyl sites for hydroxylation is 1. The molecule has 1 aliphatic heterocycles. The fourth-order valence-corrected chi connectivity index (χ4v) is 3.79. The molecule has 3 aromatic rings. The average Bonchev–Trinajstić information content (AvgIpc) is 2.77. The first-order valence-corrected chi connectivity index (χ1v) is 10.2. The van der Waals surface area contributed by atoms with Crippen molar-refractivity contribution in [2.45, 2.75) is 19.3 Å².